The number of hydrogen-bond acceptors (Lipinski definition) is 3. The van der Waals surface area contributed by atoms with Crippen molar-refractivity contribution in [3.05, 3.63) is 28.8 Å². The van der Waals surface area contributed by atoms with Crippen LogP contribution in [0, 0.1) is 0 Å². The Morgan fingerprint density at radius 1 is 0.900 bits per heavy atom. The zero-order valence-corrected chi connectivity index (χ0v) is 14.3. The lowest BCUT2D eigenvalue weighted by atomic mass is 9.78. The number of aliphatic hydroxyl groups is 1. The monoisotopic (exact) mass is 281 g/mol. The van der Waals surface area contributed by atoms with Gasteiger partial charge < -0.3 is 15.5 Å². The molecule has 3 nitrogen and oxygen atoms in total. The number of phenolic OH excluding ortho intramolecular Hbond substituents is 1. The maximum Gasteiger partial charge on any atom is 0.123 e. The molecule has 0 saturated heterocycles. The Balaban J connectivity index is 0.00000172. The fourth-order valence-corrected chi connectivity index (χ4v) is 2.14. The second-order valence-electron chi connectivity index (χ2n) is 7.07. The van der Waals surface area contributed by atoms with E-state index in [1.807, 2.05) is 7.05 Å². The highest BCUT2D eigenvalue weighted by Gasteiger charge is 2.26. The van der Waals surface area contributed by atoms with E-state index < -0.39 is 0 Å². The minimum atomic E-state index is -0.0478. The molecule has 0 aliphatic carbocycles. The Morgan fingerprint density at radius 2 is 1.25 bits per heavy atom. The summed E-state index contributed by atoms with van der Waals surface area (Å²) in [7, 11) is 2.94. The fraction of sp³-hybridized carbons (Fsp3) is 0.647. The third-order valence-corrected chi connectivity index (χ3v) is 3.17. The number of aromatic hydroxyl groups is 1. The molecule has 0 spiro atoms. The van der Waals surface area contributed by atoms with Crippen molar-refractivity contribution in [2.45, 2.75) is 58.9 Å². The second kappa shape index (κ2) is 7.09. The van der Waals surface area contributed by atoms with Gasteiger partial charge in [-0.1, -0.05) is 53.7 Å². The van der Waals surface area contributed by atoms with Crippen LogP contribution in [0.1, 0.15) is 58.2 Å². The minimum Gasteiger partial charge on any atom is -0.507 e. The topological polar surface area (TPSA) is 52.5 Å². The van der Waals surface area contributed by atoms with Crippen molar-refractivity contribution in [1.29, 1.82) is 0 Å². The van der Waals surface area contributed by atoms with Crippen molar-refractivity contribution in [3.8, 4) is 5.75 Å². The van der Waals surface area contributed by atoms with Crippen molar-refractivity contribution in [2.24, 2.45) is 0 Å². The first-order valence-electron chi connectivity index (χ1n) is 7.03. The van der Waals surface area contributed by atoms with Crippen LogP contribution in [0.25, 0.3) is 0 Å². The molecule has 0 saturated carbocycles. The van der Waals surface area contributed by atoms with Gasteiger partial charge in [-0.15, -0.1) is 0 Å². The average Bonchev–Trinajstić information content (AvgIpc) is 2.31. The lowest BCUT2D eigenvalue weighted by molar-refractivity contribution is 0.399. The first-order chi connectivity index (χ1) is 9.07. The van der Waals surface area contributed by atoms with E-state index in [0.29, 0.717) is 5.75 Å². The zero-order valence-electron chi connectivity index (χ0n) is 14.3. The molecule has 0 aliphatic heterocycles. The third-order valence-electron chi connectivity index (χ3n) is 3.17. The van der Waals surface area contributed by atoms with E-state index in [1.165, 1.54) is 5.56 Å². The summed E-state index contributed by atoms with van der Waals surface area (Å²) in [6.07, 6.45) is 0. The average molecular weight is 281 g/mol. The molecule has 0 fully saturated rings. The maximum atomic E-state index is 10.5. The Hall–Kier alpha value is -1.06. The molecule has 0 heterocycles. The molecule has 0 aliphatic rings. The number of aliphatic hydroxyl groups excluding tert-OH is 1. The SMILES string of the molecule is CNCc1cc(C(C)(C)C)c(O)c(C(C)(C)C)c1.CO. The first kappa shape index (κ1) is 18.9. The maximum absolute atomic E-state index is 10.5. The summed E-state index contributed by atoms with van der Waals surface area (Å²) in [6, 6.07) is 4.22. The second-order valence-corrected chi connectivity index (χ2v) is 7.07. The van der Waals surface area contributed by atoms with Crippen LogP contribution in [0.5, 0.6) is 5.75 Å². The highest BCUT2D eigenvalue weighted by Crippen LogP contribution is 2.39. The molecule has 0 radical (unpaired) electrons. The summed E-state index contributed by atoms with van der Waals surface area (Å²) in [4.78, 5) is 0. The molecule has 116 valence electrons. The van der Waals surface area contributed by atoms with Gasteiger partial charge in [0.2, 0.25) is 0 Å². The van der Waals surface area contributed by atoms with Crippen molar-refractivity contribution in [1.82, 2.24) is 5.32 Å². The molecule has 1 aromatic carbocycles. The molecular formula is C17H31NO2. The van der Waals surface area contributed by atoms with Crippen LogP contribution in [0.4, 0.5) is 0 Å². The Kier molecular flexibility index (Phi) is 6.72. The number of benzene rings is 1. The Morgan fingerprint density at radius 3 is 1.50 bits per heavy atom. The van der Waals surface area contributed by atoms with Crippen LogP contribution in [0.2, 0.25) is 0 Å². The molecule has 0 amide bonds. The van der Waals surface area contributed by atoms with Gasteiger partial charge in [0, 0.05) is 13.7 Å². The Labute approximate surface area is 124 Å². The molecule has 0 unspecified atom stereocenters. The van der Waals surface area contributed by atoms with Crippen LogP contribution >= 0.6 is 0 Å². The lowest BCUT2D eigenvalue weighted by Crippen LogP contribution is -2.19. The van der Waals surface area contributed by atoms with Gasteiger partial charge in [0.05, 0.1) is 0 Å². The molecule has 0 atom stereocenters. The number of phenols is 1. The van der Waals surface area contributed by atoms with E-state index in [-0.39, 0.29) is 10.8 Å². The summed E-state index contributed by atoms with van der Waals surface area (Å²) in [5, 5.41) is 20.7. The van der Waals surface area contributed by atoms with Gasteiger partial charge in [-0.05, 0) is 34.6 Å². The van der Waals surface area contributed by atoms with Crippen molar-refractivity contribution < 1.29 is 10.2 Å². The molecular weight excluding hydrogens is 250 g/mol. The summed E-state index contributed by atoms with van der Waals surface area (Å²) in [6.45, 7) is 13.6. The summed E-state index contributed by atoms with van der Waals surface area (Å²) in [5.41, 5.74) is 3.19. The normalized spacial score (nSPS) is 11.8. The van der Waals surface area contributed by atoms with Gasteiger partial charge in [0.15, 0.2) is 0 Å². The molecule has 20 heavy (non-hydrogen) atoms. The predicted octanol–water partition coefficient (Wildman–Crippen LogP) is 3.32. The predicted molar refractivity (Wildman–Crippen MR) is 86.4 cm³/mol. The van der Waals surface area contributed by atoms with E-state index in [9.17, 15) is 5.11 Å². The fourth-order valence-electron chi connectivity index (χ4n) is 2.14. The third kappa shape index (κ3) is 4.80. The molecule has 0 bridgehead atoms. The molecule has 1 aromatic rings. The van der Waals surface area contributed by atoms with Crippen LogP contribution in [-0.4, -0.2) is 24.4 Å². The van der Waals surface area contributed by atoms with Gasteiger partial charge >= 0.3 is 0 Å². The van der Waals surface area contributed by atoms with E-state index in [4.69, 9.17) is 5.11 Å². The smallest absolute Gasteiger partial charge is 0.123 e. The summed E-state index contributed by atoms with van der Waals surface area (Å²) >= 11 is 0. The van der Waals surface area contributed by atoms with E-state index >= 15 is 0 Å². The lowest BCUT2D eigenvalue weighted by Gasteiger charge is -2.28. The van der Waals surface area contributed by atoms with Gasteiger partial charge in [0.25, 0.3) is 0 Å². The van der Waals surface area contributed by atoms with E-state index in [2.05, 4.69) is 59.0 Å². The van der Waals surface area contributed by atoms with Crippen LogP contribution in [-0.2, 0) is 17.4 Å². The van der Waals surface area contributed by atoms with E-state index in [1.54, 1.807) is 0 Å². The van der Waals surface area contributed by atoms with E-state index in [0.717, 1.165) is 24.8 Å². The van der Waals surface area contributed by atoms with Crippen molar-refractivity contribution in [3.63, 3.8) is 0 Å². The number of rotatable bonds is 2. The number of hydrogen-bond donors (Lipinski definition) is 3. The summed E-state index contributed by atoms with van der Waals surface area (Å²) < 4.78 is 0. The van der Waals surface area contributed by atoms with Gasteiger partial charge in [-0.2, -0.15) is 0 Å². The molecule has 3 heteroatoms. The van der Waals surface area contributed by atoms with Gasteiger partial charge in [-0.3, -0.25) is 0 Å². The highest BCUT2D eigenvalue weighted by molar-refractivity contribution is 5.49. The minimum absolute atomic E-state index is 0.0478. The van der Waals surface area contributed by atoms with Crippen LogP contribution in [0.3, 0.4) is 0 Å². The largest absolute Gasteiger partial charge is 0.507 e. The van der Waals surface area contributed by atoms with Gasteiger partial charge in [0.1, 0.15) is 5.75 Å². The zero-order chi connectivity index (χ0) is 16.1. The summed E-state index contributed by atoms with van der Waals surface area (Å²) in [5.74, 6) is 0.454. The van der Waals surface area contributed by atoms with Crippen LogP contribution < -0.4 is 5.32 Å². The van der Waals surface area contributed by atoms with Crippen molar-refractivity contribution >= 4 is 0 Å². The van der Waals surface area contributed by atoms with Crippen LogP contribution in [0.15, 0.2) is 12.1 Å². The highest BCUT2D eigenvalue weighted by atomic mass is 16.3. The Bertz CT molecular complexity index is 391. The first-order valence-corrected chi connectivity index (χ1v) is 7.03. The molecule has 0 aromatic heterocycles. The number of nitrogens with one attached hydrogen (secondary N) is 1. The molecule has 3 N–H and O–H groups in total. The molecule has 1 rings (SSSR count). The standard InChI is InChI=1S/C16H27NO.CH4O/c1-15(2,3)12-8-11(10-17-7)9-13(14(12)18)16(4,5)6;1-2/h8-9,17-18H,10H2,1-7H3;2H,1H3. The quantitative estimate of drug-likeness (QED) is 0.779. The van der Waals surface area contributed by atoms with Gasteiger partial charge in [-0.25, -0.2) is 0 Å². The van der Waals surface area contributed by atoms with Crippen molar-refractivity contribution in [2.75, 3.05) is 14.2 Å².